The predicted octanol–water partition coefficient (Wildman–Crippen LogP) is 1.07. The van der Waals surface area contributed by atoms with Crippen LogP contribution in [0.4, 0.5) is 5.69 Å². The fraction of sp³-hybridized carbons (Fsp3) is 0.222. The number of pyridine rings is 1. The standard InChI is InChI=1S/C9H11ClN4/c10-9-8-6(12)2-1-5-14(8)7(13-9)3-4-11/h1-2,5H,3-4,11-12H2. The lowest BCUT2D eigenvalue weighted by atomic mass is 10.3. The number of hydrogen-bond donors (Lipinski definition) is 2. The van der Waals surface area contributed by atoms with E-state index in [4.69, 9.17) is 23.1 Å². The van der Waals surface area contributed by atoms with E-state index in [2.05, 4.69) is 4.98 Å². The van der Waals surface area contributed by atoms with Crippen LogP contribution in [0.1, 0.15) is 5.82 Å². The first-order valence-electron chi connectivity index (χ1n) is 4.35. The number of anilines is 1. The minimum Gasteiger partial charge on any atom is -0.397 e. The van der Waals surface area contributed by atoms with E-state index in [1.54, 1.807) is 6.07 Å². The Hall–Kier alpha value is -1.26. The number of hydrogen-bond acceptors (Lipinski definition) is 3. The van der Waals surface area contributed by atoms with Gasteiger partial charge in [-0.3, -0.25) is 0 Å². The number of fused-ring (bicyclic) bond motifs is 1. The number of aromatic nitrogens is 2. The molecule has 0 spiro atoms. The van der Waals surface area contributed by atoms with Crippen molar-refractivity contribution in [3.8, 4) is 0 Å². The molecule has 74 valence electrons. The first-order chi connectivity index (χ1) is 6.74. The summed E-state index contributed by atoms with van der Waals surface area (Å²) in [6, 6.07) is 3.66. The Morgan fingerprint density at radius 2 is 2.29 bits per heavy atom. The molecule has 4 N–H and O–H groups in total. The number of halogens is 1. The van der Waals surface area contributed by atoms with Crippen LogP contribution in [-0.2, 0) is 6.42 Å². The zero-order chi connectivity index (χ0) is 10.1. The summed E-state index contributed by atoms with van der Waals surface area (Å²) in [5, 5.41) is 0.437. The largest absolute Gasteiger partial charge is 0.397 e. The third-order valence-electron chi connectivity index (χ3n) is 2.09. The normalized spacial score (nSPS) is 11.0. The van der Waals surface area contributed by atoms with Gasteiger partial charge in [-0.25, -0.2) is 4.98 Å². The summed E-state index contributed by atoms with van der Waals surface area (Å²) in [6.07, 6.45) is 2.58. The van der Waals surface area contributed by atoms with Crippen molar-refractivity contribution in [1.82, 2.24) is 9.38 Å². The molecule has 5 heteroatoms. The Morgan fingerprint density at radius 3 is 3.00 bits per heavy atom. The molecule has 2 rings (SSSR count). The molecular weight excluding hydrogens is 200 g/mol. The Kier molecular flexibility index (Phi) is 2.31. The molecule has 0 saturated heterocycles. The SMILES string of the molecule is NCCc1nc(Cl)c2c(N)cccn12. The average molecular weight is 211 g/mol. The summed E-state index contributed by atoms with van der Waals surface area (Å²) in [6.45, 7) is 0.546. The van der Waals surface area contributed by atoms with E-state index in [1.165, 1.54) is 0 Å². The highest BCUT2D eigenvalue weighted by atomic mass is 35.5. The molecule has 0 amide bonds. The molecule has 0 aliphatic carbocycles. The van der Waals surface area contributed by atoms with Crippen molar-refractivity contribution < 1.29 is 0 Å². The number of nitrogens with zero attached hydrogens (tertiary/aromatic N) is 2. The minimum atomic E-state index is 0.437. The van der Waals surface area contributed by atoms with Gasteiger partial charge in [-0.15, -0.1) is 0 Å². The minimum absolute atomic E-state index is 0.437. The summed E-state index contributed by atoms with van der Waals surface area (Å²) in [5.41, 5.74) is 12.7. The van der Waals surface area contributed by atoms with E-state index in [0.717, 1.165) is 11.3 Å². The zero-order valence-corrected chi connectivity index (χ0v) is 8.33. The van der Waals surface area contributed by atoms with Gasteiger partial charge in [-0.2, -0.15) is 0 Å². The quantitative estimate of drug-likeness (QED) is 0.779. The second-order valence-corrected chi connectivity index (χ2v) is 3.40. The first kappa shape index (κ1) is 9.30. The van der Waals surface area contributed by atoms with E-state index in [-0.39, 0.29) is 0 Å². The van der Waals surface area contributed by atoms with Crippen LogP contribution in [0.25, 0.3) is 5.52 Å². The molecule has 0 aliphatic heterocycles. The molecule has 0 aromatic carbocycles. The van der Waals surface area contributed by atoms with Gasteiger partial charge in [0, 0.05) is 12.6 Å². The number of nitrogen functional groups attached to an aromatic ring is 1. The maximum absolute atomic E-state index is 5.97. The van der Waals surface area contributed by atoms with Gasteiger partial charge in [-0.1, -0.05) is 11.6 Å². The van der Waals surface area contributed by atoms with Crippen LogP contribution in [0.3, 0.4) is 0 Å². The lowest BCUT2D eigenvalue weighted by molar-refractivity contribution is 0.863. The summed E-state index contributed by atoms with van der Waals surface area (Å²) in [7, 11) is 0. The van der Waals surface area contributed by atoms with Crippen molar-refractivity contribution >= 4 is 22.8 Å². The van der Waals surface area contributed by atoms with Crippen LogP contribution in [0.2, 0.25) is 5.15 Å². The van der Waals surface area contributed by atoms with Crippen LogP contribution in [0.15, 0.2) is 18.3 Å². The van der Waals surface area contributed by atoms with E-state index in [0.29, 0.717) is 23.8 Å². The fourth-order valence-electron chi connectivity index (χ4n) is 1.48. The molecule has 0 aliphatic rings. The highest BCUT2D eigenvalue weighted by Gasteiger charge is 2.10. The third kappa shape index (κ3) is 1.32. The Labute approximate surface area is 86.5 Å². The van der Waals surface area contributed by atoms with E-state index in [9.17, 15) is 0 Å². The van der Waals surface area contributed by atoms with Gasteiger partial charge in [0.15, 0.2) is 5.15 Å². The summed E-state index contributed by atoms with van der Waals surface area (Å²) in [4.78, 5) is 4.21. The smallest absolute Gasteiger partial charge is 0.157 e. The van der Waals surface area contributed by atoms with E-state index < -0.39 is 0 Å². The van der Waals surface area contributed by atoms with Crippen molar-refractivity contribution in [1.29, 1.82) is 0 Å². The topological polar surface area (TPSA) is 69.3 Å². The van der Waals surface area contributed by atoms with E-state index in [1.807, 2.05) is 16.7 Å². The zero-order valence-electron chi connectivity index (χ0n) is 7.57. The molecule has 0 bridgehead atoms. The first-order valence-corrected chi connectivity index (χ1v) is 4.73. The van der Waals surface area contributed by atoms with Crippen molar-refractivity contribution in [3.63, 3.8) is 0 Å². The van der Waals surface area contributed by atoms with Crippen molar-refractivity contribution in [3.05, 3.63) is 29.3 Å². The second-order valence-electron chi connectivity index (χ2n) is 3.04. The lowest BCUT2D eigenvalue weighted by Crippen LogP contribution is -2.06. The molecule has 0 atom stereocenters. The van der Waals surface area contributed by atoms with Crippen molar-refractivity contribution in [2.45, 2.75) is 6.42 Å². The fourth-order valence-corrected chi connectivity index (χ4v) is 1.78. The van der Waals surface area contributed by atoms with E-state index >= 15 is 0 Å². The van der Waals surface area contributed by atoms with Gasteiger partial charge in [0.05, 0.1) is 5.69 Å². The maximum atomic E-state index is 5.97. The molecule has 2 aromatic heterocycles. The van der Waals surface area contributed by atoms with Crippen molar-refractivity contribution in [2.24, 2.45) is 5.73 Å². The van der Waals surface area contributed by atoms with Crippen LogP contribution in [0, 0.1) is 0 Å². The summed E-state index contributed by atoms with van der Waals surface area (Å²) < 4.78 is 1.88. The highest BCUT2D eigenvalue weighted by Crippen LogP contribution is 2.23. The van der Waals surface area contributed by atoms with Crippen LogP contribution < -0.4 is 11.5 Å². The maximum Gasteiger partial charge on any atom is 0.157 e. The van der Waals surface area contributed by atoms with Gasteiger partial charge in [0.25, 0.3) is 0 Å². The molecule has 2 aromatic rings. The lowest BCUT2D eigenvalue weighted by Gasteiger charge is -2.00. The molecule has 0 unspecified atom stereocenters. The van der Waals surface area contributed by atoms with Gasteiger partial charge >= 0.3 is 0 Å². The van der Waals surface area contributed by atoms with Crippen LogP contribution >= 0.6 is 11.6 Å². The molecule has 0 radical (unpaired) electrons. The predicted molar refractivity (Wildman–Crippen MR) is 57.4 cm³/mol. The van der Waals surface area contributed by atoms with Crippen molar-refractivity contribution in [2.75, 3.05) is 12.3 Å². The molecule has 14 heavy (non-hydrogen) atoms. The number of nitrogens with two attached hydrogens (primary N) is 2. The second kappa shape index (κ2) is 3.48. The monoisotopic (exact) mass is 210 g/mol. The number of imidazole rings is 1. The van der Waals surface area contributed by atoms with Gasteiger partial charge in [0.2, 0.25) is 0 Å². The molecule has 2 heterocycles. The van der Waals surface area contributed by atoms with Crippen LogP contribution in [-0.4, -0.2) is 15.9 Å². The van der Waals surface area contributed by atoms with Crippen LogP contribution in [0.5, 0.6) is 0 Å². The highest BCUT2D eigenvalue weighted by molar-refractivity contribution is 6.33. The average Bonchev–Trinajstić information content (AvgIpc) is 2.46. The molecule has 0 saturated carbocycles. The Bertz CT molecular complexity index is 463. The number of rotatable bonds is 2. The van der Waals surface area contributed by atoms with Gasteiger partial charge < -0.3 is 15.9 Å². The Balaban J connectivity index is 2.71. The van der Waals surface area contributed by atoms with Gasteiger partial charge in [-0.05, 0) is 18.7 Å². The summed E-state index contributed by atoms with van der Waals surface area (Å²) in [5.74, 6) is 0.847. The molecular formula is C9H11ClN4. The summed E-state index contributed by atoms with van der Waals surface area (Å²) >= 11 is 5.97. The molecule has 0 fully saturated rings. The Morgan fingerprint density at radius 1 is 1.50 bits per heavy atom. The third-order valence-corrected chi connectivity index (χ3v) is 2.36. The molecule has 4 nitrogen and oxygen atoms in total. The van der Waals surface area contributed by atoms with Gasteiger partial charge in [0.1, 0.15) is 11.3 Å².